The predicted octanol–water partition coefficient (Wildman–Crippen LogP) is 1.88. The number of carboxylic acid groups (broad SMARTS) is 1. The Kier molecular flexibility index (Phi) is 3.45. The van der Waals surface area contributed by atoms with Crippen LogP contribution in [-0.2, 0) is 4.79 Å². The maximum absolute atomic E-state index is 11.4. The number of ketones is 1. The summed E-state index contributed by atoms with van der Waals surface area (Å²) < 4.78 is 0. The molecule has 0 heterocycles. The summed E-state index contributed by atoms with van der Waals surface area (Å²) in [4.78, 5) is 21.7. The van der Waals surface area contributed by atoms with Crippen LogP contribution in [0.5, 0.6) is 0 Å². The second-order valence-electron chi connectivity index (χ2n) is 3.49. The zero-order valence-corrected chi connectivity index (χ0v) is 9.15. The number of Topliss-reactive ketones (excluding diaryl/α,β-unsaturated/α-hetero) is 1. The van der Waals surface area contributed by atoms with E-state index in [2.05, 4.69) is 0 Å². The number of aryl methyl sites for hydroxylation is 1. The Bertz CT molecular complexity index is 475. The molecule has 1 aromatic rings. The molecule has 0 aliphatic carbocycles. The maximum Gasteiger partial charge on any atom is 0.328 e. The summed E-state index contributed by atoms with van der Waals surface area (Å²) in [6, 6.07) is 3.44. The van der Waals surface area contributed by atoms with E-state index < -0.39 is 5.97 Å². The minimum atomic E-state index is -1.05. The first-order chi connectivity index (χ1) is 7.43. The van der Waals surface area contributed by atoms with Crippen molar-refractivity contribution in [2.24, 2.45) is 0 Å². The van der Waals surface area contributed by atoms with E-state index in [0.29, 0.717) is 16.8 Å². The highest BCUT2D eigenvalue weighted by Crippen LogP contribution is 2.23. The monoisotopic (exact) mass is 219 g/mol. The van der Waals surface area contributed by atoms with Gasteiger partial charge in [-0.2, -0.15) is 0 Å². The van der Waals surface area contributed by atoms with Crippen molar-refractivity contribution in [3.63, 3.8) is 0 Å². The van der Waals surface area contributed by atoms with Crippen molar-refractivity contribution >= 4 is 23.5 Å². The third kappa shape index (κ3) is 2.48. The summed E-state index contributed by atoms with van der Waals surface area (Å²) in [6.07, 6.45) is 2.37. The van der Waals surface area contributed by atoms with Crippen molar-refractivity contribution in [3.05, 3.63) is 34.9 Å². The number of carboxylic acids is 1. The molecule has 0 bridgehead atoms. The molecule has 3 N–H and O–H groups in total. The van der Waals surface area contributed by atoms with Crippen LogP contribution < -0.4 is 5.73 Å². The molecule has 0 saturated heterocycles. The molecule has 0 spiro atoms. The van der Waals surface area contributed by atoms with Gasteiger partial charge in [-0.3, -0.25) is 4.79 Å². The lowest BCUT2D eigenvalue weighted by Gasteiger charge is -2.08. The number of rotatable bonds is 3. The Morgan fingerprint density at radius 1 is 1.38 bits per heavy atom. The SMILES string of the molecule is CC(=O)c1c(C)ccc(/C=C/C(=O)O)c1N. The summed E-state index contributed by atoms with van der Waals surface area (Å²) in [7, 11) is 0. The molecule has 0 aliphatic rings. The average molecular weight is 219 g/mol. The van der Waals surface area contributed by atoms with Gasteiger partial charge in [-0.25, -0.2) is 4.79 Å². The van der Waals surface area contributed by atoms with E-state index in [0.717, 1.165) is 11.6 Å². The molecule has 0 radical (unpaired) electrons. The lowest BCUT2D eigenvalue weighted by molar-refractivity contribution is -0.131. The summed E-state index contributed by atoms with van der Waals surface area (Å²) >= 11 is 0. The van der Waals surface area contributed by atoms with Crippen molar-refractivity contribution in [2.75, 3.05) is 5.73 Å². The van der Waals surface area contributed by atoms with E-state index in [1.165, 1.54) is 13.0 Å². The lowest BCUT2D eigenvalue weighted by Crippen LogP contribution is -2.04. The van der Waals surface area contributed by atoms with Gasteiger partial charge in [-0.15, -0.1) is 0 Å². The average Bonchev–Trinajstić information content (AvgIpc) is 2.15. The molecule has 0 atom stereocenters. The van der Waals surface area contributed by atoms with Gasteiger partial charge in [0, 0.05) is 17.3 Å². The van der Waals surface area contributed by atoms with Crippen LogP contribution >= 0.6 is 0 Å². The Hall–Kier alpha value is -2.10. The largest absolute Gasteiger partial charge is 0.478 e. The van der Waals surface area contributed by atoms with Crippen LogP contribution in [-0.4, -0.2) is 16.9 Å². The van der Waals surface area contributed by atoms with Gasteiger partial charge in [0.05, 0.1) is 0 Å². The van der Waals surface area contributed by atoms with Gasteiger partial charge in [0.2, 0.25) is 0 Å². The summed E-state index contributed by atoms with van der Waals surface area (Å²) in [5.41, 5.74) is 7.91. The lowest BCUT2D eigenvalue weighted by atomic mass is 9.99. The van der Waals surface area contributed by atoms with Gasteiger partial charge in [0.1, 0.15) is 0 Å². The molecule has 84 valence electrons. The van der Waals surface area contributed by atoms with Gasteiger partial charge >= 0.3 is 5.97 Å². The Morgan fingerprint density at radius 3 is 2.50 bits per heavy atom. The molecular formula is C12H13NO3. The molecule has 4 heteroatoms. The molecule has 0 aromatic heterocycles. The van der Waals surface area contributed by atoms with E-state index in [9.17, 15) is 9.59 Å². The summed E-state index contributed by atoms with van der Waals surface area (Å²) in [6.45, 7) is 3.22. The second kappa shape index (κ2) is 4.61. The first-order valence-corrected chi connectivity index (χ1v) is 4.74. The van der Waals surface area contributed by atoms with Crippen LogP contribution in [0.15, 0.2) is 18.2 Å². The van der Waals surface area contributed by atoms with E-state index in [1.54, 1.807) is 19.1 Å². The zero-order valence-electron chi connectivity index (χ0n) is 9.15. The van der Waals surface area contributed by atoms with Crippen LogP contribution in [0.4, 0.5) is 5.69 Å². The molecule has 1 aromatic carbocycles. The number of benzene rings is 1. The fourth-order valence-electron chi connectivity index (χ4n) is 1.52. The summed E-state index contributed by atoms with van der Waals surface area (Å²) in [5.74, 6) is -1.18. The van der Waals surface area contributed by atoms with Gasteiger partial charge in [-0.1, -0.05) is 12.1 Å². The van der Waals surface area contributed by atoms with Crippen molar-refractivity contribution in [2.45, 2.75) is 13.8 Å². The molecule has 0 fully saturated rings. The number of nitrogen functional groups attached to an aromatic ring is 1. The summed E-state index contributed by atoms with van der Waals surface area (Å²) in [5, 5.41) is 8.50. The van der Waals surface area contributed by atoms with Crippen molar-refractivity contribution < 1.29 is 14.7 Å². The van der Waals surface area contributed by atoms with Crippen LogP contribution in [0, 0.1) is 6.92 Å². The number of hydrogen-bond acceptors (Lipinski definition) is 3. The molecule has 4 nitrogen and oxygen atoms in total. The van der Waals surface area contributed by atoms with Gasteiger partial charge in [-0.05, 0) is 31.1 Å². The van der Waals surface area contributed by atoms with Crippen LogP contribution in [0.3, 0.4) is 0 Å². The molecule has 0 amide bonds. The standard InChI is InChI=1S/C12H13NO3/c1-7-3-4-9(5-6-10(15)16)12(13)11(7)8(2)14/h3-6H,13H2,1-2H3,(H,15,16)/b6-5+. The number of hydrogen-bond donors (Lipinski definition) is 2. The van der Waals surface area contributed by atoms with Crippen LogP contribution in [0.25, 0.3) is 6.08 Å². The highest BCUT2D eigenvalue weighted by atomic mass is 16.4. The van der Waals surface area contributed by atoms with Crippen molar-refractivity contribution in [1.82, 2.24) is 0 Å². The third-order valence-electron chi connectivity index (χ3n) is 2.25. The van der Waals surface area contributed by atoms with Gasteiger partial charge in [0.15, 0.2) is 5.78 Å². The van der Waals surface area contributed by atoms with Gasteiger partial charge in [0.25, 0.3) is 0 Å². The molecule has 0 aliphatic heterocycles. The predicted molar refractivity (Wildman–Crippen MR) is 62.3 cm³/mol. The second-order valence-corrected chi connectivity index (χ2v) is 3.49. The van der Waals surface area contributed by atoms with E-state index in [4.69, 9.17) is 10.8 Å². The van der Waals surface area contributed by atoms with Crippen molar-refractivity contribution in [3.8, 4) is 0 Å². The van der Waals surface area contributed by atoms with Crippen molar-refractivity contribution in [1.29, 1.82) is 0 Å². The molecule has 0 saturated carbocycles. The highest BCUT2D eigenvalue weighted by molar-refractivity contribution is 6.02. The fourth-order valence-corrected chi connectivity index (χ4v) is 1.52. The molecule has 0 unspecified atom stereocenters. The number of carbonyl (C=O) groups excluding carboxylic acids is 1. The quantitative estimate of drug-likeness (QED) is 0.462. The third-order valence-corrected chi connectivity index (χ3v) is 2.25. The number of aliphatic carboxylic acids is 1. The molecule has 16 heavy (non-hydrogen) atoms. The highest BCUT2D eigenvalue weighted by Gasteiger charge is 2.10. The smallest absolute Gasteiger partial charge is 0.328 e. The van der Waals surface area contributed by atoms with Crippen LogP contribution in [0.1, 0.15) is 28.4 Å². The Morgan fingerprint density at radius 2 is 2.00 bits per heavy atom. The zero-order chi connectivity index (χ0) is 12.3. The minimum absolute atomic E-state index is 0.124. The molecule has 1 rings (SSSR count). The number of anilines is 1. The topological polar surface area (TPSA) is 80.4 Å². The minimum Gasteiger partial charge on any atom is -0.478 e. The number of nitrogens with two attached hydrogens (primary N) is 1. The van der Waals surface area contributed by atoms with E-state index in [1.807, 2.05) is 0 Å². The van der Waals surface area contributed by atoms with Gasteiger partial charge < -0.3 is 10.8 Å². The first kappa shape index (κ1) is 12.0. The van der Waals surface area contributed by atoms with Crippen LogP contribution in [0.2, 0.25) is 0 Å². The molecular weight excluding hydrogens is 206 g/mol. The van der Waals surface area contributed by atoms with E-state index in [-0.39, 0.29) is 5.78 Å². The number of carbonyl (C=O) groups is 2. The normalized spacial score (nSPS) is 10.6. The maximum atomic E-state index is 11.4. The Labute approximate surface area is 93.4 Å². The fraction of sp³-hybridized carbons (Fsp3) is 0.167. The Balaban J connectivity index is 3.29. The van der Waals surface area contributed by atoms with E-state index >= 15 is 0 Å². The first-order valence-electron chi connectivity index (χ1n) is 4.74.